The Bertz CT molecular complexity index is 3820. The Balaban J connectivity index is 0.000000245. The van der Waals surface area contributed by atoms with Crippen molar-refractivity contribution in [3.8, 4) is 51.7 Å². The molecular formula is C65H76BrCl6N9O10S. The van der Waals surface area contributed by atoms with Crippen molar-refractivity contribution < 1.29 is 46.4 Å². The summed E-state index contributed by atoms with van der Waals surface area (Å²) >= 11 is 41.2. The number of nitrogens with one attached hydrogen (secondary N) is 4. The van der Waals surface area contributed by atoms with Crippen molar-refractivity contribution in [3.63, 3.8) is 0 Å². The molecule has 496 valence electrons. The van der Waals surface area contributed by atoms with E-state index >= 15 is 0 Å². The third kappa shape index (κ3) is 23.4. The molecular weight excluding hydrogens is 1390 g/mol. The van der Waals surface area contributed by atoms with Gasteiger partial charge in [-0.05, 0) is 139 Å². The monoisotopic (exact) mass is 1460 g/mol. The van der Waals surface area contributed by atoms with E-state index in [0.717, 1.165) is 57.8 Å². The van der Waals surface area contributed by atoms with Crippen molar-refractivity contribution in [1.82, 2.24) is 30.2 Å². The number of carbonyl (C=O) groups excluding carboxylic acids is 2. The van der Waals surface area contributed by atoms with Gasteiger partial charge < -0.3 is 55.4 Å². The highest BCUT2D eigenvalue weighted by atomic mass is 79.9. The summed E-state index contributed by atoms with van der Waals surface area (Å²) in [6.07, 6.45) is 7.53. The topological polar surface area (TPSA) is 233 Å². The number of amides is 2. The number of likely N-dealkylation sites (N-methyl/N-ethyl adjacent to an activating group) is 2. The summed E-state index contributed by atoms with van der Waals surface area (Å²) in [6, 6.07) is 26.1. The molecule has 19 nitrogen and oxygen atoms in total. The molecule has 0 saturated carbocycles. The lowest BCUT2D eigenvalue weighted by atomic mass is 10.0. The maximum absolute atomic E-state index is 12.3. The van der Waals surface area contributed by atoms with Crippen LogP contribution in [0, 0.1) is 0 Å². The van der Waals surface area contributed by atoms with Crippen LogP contribution in [-0.4, -0.2) is 94.6 Å². The molecule has 2 amide bonds. The number of anilines is 3. The molecule has 0 unspecified atom stereocenters. The molecule has 8 aromatic rings. The van der Waals surface area contributed by atoms with E-state index in [1.807, 2.05) is 56.6 Å². The number of nitrogens with two attached hydrogens (primary N) is 1. The number of methoxy groups -OCH3 is 3. The summed E-state index contributed by atoms with van der Waals surface area (Å²) in [5.74, 6) is 5.46. The van der Waals surface area contributed by atoms with Crippen LogP contribution in [-0.2, 0) is 32.5 Å². The van der Waals surface area contributed by atoms with Crippen LogP contribution >= 0.6 is 85.5 Å². The van der Waals surface area contributed by atoms with Gasteiger partial charge in [0, 0.05) is 91.4 Å². The average molecular weight is 1470 g/mol. The standard InChI is InChI=1S/C23H25Cl2N3O5S.C22H22BrCl2N3O3.C16H17Cl2NO2.C4H12N2/c1-14(2)18-11-16(5-6-21(18)32-3)33-23-19(24)9-15(10-20(23)25)27-22(29)7-8-28-13-17(12-26-28)34(4,30)31;1-13(2)17-10-16(4-5-20(17)30-3)31-22-18(24)8-15(9-19(22)25)27-21(29)6-7-28-12-14(23)11-26-28;1-9(2)12-8-11(4-5-15(12)20-3)21-16-13(17)6-10(19)7-14(16)18;1-5-3-4-6-2/h5-6,9-14H,7-8H2,1-4H3,(H,27,29);4-5,8-13H,6-7H2,1-3H3,(H,27,29);4-9H,19H2,1-3H3;5-6H,3-4H2,1-2H3. The van der Waals surface area contributed by atoms with E-state index in [1.165, 1.54) is 17.1 Å². The van der Waals surface area contributed by atoms with Crippen LogP contribution in [0.3, 0.4) is 0 Å². The van der Waals surface area contributed by atoms with E-state index in [9.17, 15) is 18.0 Å². The van der Waals surface area contributed by atoms with E-state index in [1.54, 1.807) is 86.9 Å². The normalized spacial score (nSPS) is 11.0. The van der Waals surface area contributed by atoms with Crippen LogP contribution in [0.4, 0.5) is 17.1 Å². The number of halogens is 7. The van der Waals surface area contributed by atoms with Crippen molar-refractivity contribution in [3.05, 3.63) is 167 Å². The highest BCUT2D eigenvalue weighted by Crippen LogP contribution is 2.44. The minimum Gasteiger partial charge on any atom is -0.496 e. The Morgan fingerprint density at radius 2 is 0.859 bits per heavy atom. The largest absolute Gasteiger partial charge is 0.496 e. The van der Waals surface area contributed by atoms with Gasteiger partial charge in [-0.25, -0.2) is 8.42 Å². The van der Waals surface area contributed by atoms with Crippen LogP contribution in [0.1, 0.15) is 88.8 Å². The summed E-state index contributed by atoms with van der Waals surface area (Å²) in [5.41, 5.74) is 10.1. The van der Waals surface area contributed by atoms with Gasteiger partial charge in [0.2, 0.25) is 11.8 Å². The third-order valence-corrected chi connectivity index (χ3v) is 16.3. The van der Waals surface area contributed by atoms with E-state index in [0.29, 0.717) is 78.4 Å². The predicted octanol–water partition coefficient (Wildman–Crippen LogP) is 17.4. The molecule has 0 aliphatic rings. The van der Waals surface area contributed by atoms with Crippen LogP contribution in [0.25, 0.3) is 0 Å². The van der Waals surface area contributed by atoms with Gasteiger partial charge >= 0.3 is 0 Å². The second kappa shape index (κ2) is 36.7. The highest BCUT2D eigenvalue weighted by Gasteiger charge is 2.19. The van der Waals surface area contributed by atoms with Crippen molar-refractivity contribution in [2.75, 3.05) is 71.1 Å². The summed E-state index contributed by atoms with van der Waals surface area (Å²) in [4.78, 5) is 24.7. The van der Waals surface area contributed by atoms with Crippen molar-refractivity contribution in [1.29, 1.82) is 0 Å². The molecule has 27 heteroatoms. The maximum Gasteiger partial charge on any atom is 0.226 e. The minimum atomic E-state index is -3.35. The summed E-state index contributed by atoms with van der Waals surface area (Å²) in [5, 5.41) is 21.4. The second-order valence-corrected chi connectivity index (χ2v) is 26.6. The van der Waals surface area contributed by atoms with Gasteiger partial charge in [-0.3, -0.25) is 19.0 Å². The van der Waals surface area contributed by atoms with E-state index in [-0.39, 0.29) is 63.7 Å². The summed E-state index contributed by atoms with van der Waals surface area (Å²) < 4.78 is 60.9. The number of rotatable bonds is 24. The van der Waals surface area contributed by atoms with Gasteiger partial charge in [0.15, 0.2) is 27.1 Å². The van der Waals surface area contributed by atoms with E-state index in [4.69, 9.17) is 104 Å². The van der Waals surface area contributed by atoms with Gasteiger partial charge in [0.05, 0.1) is 68.3 Å². The van der Waals surface area contributed by atoms with Gasteiger partial charge in [0.25, 0.3) is 0 Å². The van der Waals surface area contributed by atoms with Gasteiger partial charge in [-0.1, -0.05) is 111 Å². The Labute approximate surface area is 576 Å². The zero-order valence-electron chi connectivity index (χ0n) is 52.9. The number of aryl methyl sites for hydroxylation is 2. The first-order chi connectivity index (χ1) is 43.6. The number of hydrogen-bond donors (Lipinski definition) is 5. The zero-order chi connectivity index (χ0) is 68.0. The van der Waals surface area contributed by atoms with E-state index in [2.05, 4.69) is 88.9 Å². The predicted molar refractivity (Wildman–Crippen MR) is 375 cm³/mol. The van der Waals surface area contributed by atoms with Crippen molar-refractivity contribution >= 4 is 124 Å². The molecule has 0 bridgehead atoms. The maximum atomic E-state index is 12.3. The molecule has 0 atom stereocenters. The molecule has 2 aromatic heterocycles. The van der Waals surface area contributed by atoms with Crippen molar-refractivity contribution in [2.24, 2.45) is 0 Å². The molecule has 92 heavy (non-hydrogen) atoms. The Kier molecular flexibility index (Phi) is 30.4. The molecule has 0 fully saturated rings. The fourth-order valence-corrected chi connectivity index (χ4v) is 11.0. The minimum absolute atomic E-state index is 0.0716. The lowest BCUT2D eigenvalue weighted by molar-refractivity contribution is -0.117. The molecule has 0 saturated heterocycles. The quantitative estimate of drug-likeness (QED) is 0.0280. The summed E-state index contributed by atoms with van der Waals surface area (Å²) in [6.45, 7) is 15.2. The Morgan fingerprint density at radius 3 is 1.14 bits per heavy atom. The first-order valence-corrected chi connectivity index (χ1v) is 33.6. The molecule has 6 aromatic carbocycles. The number of nitrogens with zero attached hydrogens (tertiary/aromatic N) is 4. The second-order valence-electron chi connectivity index (χ2n) is 21.3. The number of carbonyl (C=O) groups is 2. The number of benzene rings is 6. The van der Waals surface area contributed by atoms with Crippen LogP contribution in [0.2, 0.25) is 30.1 Å². The molecule has 0 spiro atoms. The van der Waals surface area contributed by atoms with Gasteiger partial charge in [-0.2, -0.15) is 10.2 Å². The van der Waals surface area contributed by atoms with Crippen LogP contribution < -0.4 is 55.4 Å². The molecule has 0 aliphatic heterocycles. The SMILES string of the molecule is CNCCNC.COc1ccc(Oc2c(Cl)cc(N)cc2Cl)cc1C(C)C.COc1ccc(Oc2c(Cl)cc(NC(=O)CCn3cc(Br)cn3)cc2Cl)cc1C(C)C.COc1ccc(Oc2c(Cl)cc(NC(=O)CCn3cc(S(C)(=O)=O)cn3)cc2Cl)cc1C(C)C. The number of nitrogen functional groups attached to an aromatic ring is 1. The molecule has 6 N–H and O–H groups in total. The first-order valence-electron chi connectivity index (χ1n) is 28.7. The van der Waals surface area contributed by atoms with Gasteiger partial charge in [0.1, 0.15) is 39.4 Å². The number of sulfone groups is 1. The number of hydrogen-bond acceptors (Lipinski definition) is 15. The lowest BCUT2D eigenvalue weighted by Crippen LogP contribution is -2.21. The Hall–Kier alpha value is -6.63. The van der Waals surface area contributed by atoms with Crippen molar-refractivity contribution in [2.45, 2.75) is 90.1 Å². The highest BCUT2D eigenvalue weighted by molar-refractivity contribution is 9.10. The zero-order valence-corrected chi connectivity index (χ0v) is 59.9. The molecule has 0 aliphatic carbocycles. The van der Waals surface area contributed by atoms with Crippen LogP contribution in [0.5, 0.6) is 51.7 Å². The number of aromatic nitrogens is 4. The van der Waals surface area contributed by atoms with Gasteiger partial charge in [-0.15, -0.1) is 0 Å². The first kappa shape index (κ1) is 76.1. The average Bonchev–Trinajstić information content (AvgIpc) is 1.16. The molecule has 8 rings (SSSR count). The smallest absolute Gasteiger partial charge is 0.226 e. The van der Waals surface area contributed by atoms with Crippen LogP contribution in [0.15, 0.2) is 125 Å². The number of ether oxygens (including phenoxy) is 6. The fraction of sp³-hybridized carbons (Fsp3) is 0.323. The molecule has 0 radical (unpaired) electrons. The van der Waals surface area contributed by atoms with E-state index < -0.39 is 9.84 Å². The Morgan fingerprint density at radius 1 is 0.533 bits per heavy atom. The lowest BCUT2D eigenvalue weighted by Gasteiger charge is -2.16. The summed E-state index contributed by atoms with van der Waals surface area (Å²) in [7, 11) is 5.44. The third-order valence-electron chi connectivity index (χ3n) is 13.1. The fourth-order valence-electron chi connectivity index (χ4n) is 8.42. The molecule has 2 heterocycles.